The number of nitrogens with zero attached hydrogens (tertiary/aromatic N) is 1. The molecule has 0 radical (unpaired) electrons. The normalized spacial score (nSPS) is 19.5. The molecular weight excluding hydrogens is 249 g/mol. The van der Waals surface area contributed by atoms with Crippen LogP contribution < -0.4 is 15.4 Å². The second-order valence-electron chi connectivity index (χ2n) is 4.07. The molecule has 98 valence electrons. The number of benzene rings is 1. The van der Waals surface area contributed by atoms with Crippen LogP contribution in [0.4, 0.5) is 24.5 Å². The number of ether oxygens (including phenoxy) is 1. The molecule has 1 atom stereocenters. The molecule has 1 aliphatic heterocycles. The zero-order chi connectivity index (χ0) is 13.7. The van der Waals surface area contributed by atoms with Crippen LogP contribution in [0, 0.1) is 0 Å². The summed E-state index contributed by atoms with van der Waals surface area (Å²) in [5, 5.41) is 0. The first-order chi connectivity index (χ1) is 8.21. The average molecular weight is 260 g/mol. The Morgan fingerprint density at radius 2 is 2.00 bits per heavy atom. The number of alkyl halides is 3. The topological polar surface area (TPSA) is 55.6 Å². The zero-order valence-electron chi connectivity index (χ0n) is 9.71. The molecular formula is C11H11F3N2O2. The Balaban J connectivity index is 2.60. The van der Waals surface area contributed by atoms with Crippen molar-refractivity contribution in [2.24, 2.45) is 0 Å². The summed E-state index contributed by atoms with van der Waals surface area (Å²) in [6, 6.07) is 1.66. The number of hydrogen-bond acceptors (Lipinski definition) is 3. The average Bonchev–Trinajstić information content (AvgIpc) is 2.26. The van der Waals surface area contributed by atoms with E-state index in [9.17, 15) is 18.0 Å². The fraction of sp³-hybridized carbons (Fsp3) is 0.364. The summed E-state index contributed by atoms with van der Waals surface area (Å²) in [4.78, 5) is 12.8. The van der Waals surface area contributed by atoms with E-state index < -0.39 is 23.8 Å². The first-order valence-electron chi connectivity index (χ1n) is 5.16. The Kier molecular flexibility index (Phi) is 2.64. The Morgan fingerprint density at radius 3 is 2.56 bits per heavy atom. The highest BCUT2D eigenvalue weighted by molar-refractivity contribution is 6.00. The van der Waals surface area contributed by atoms with Gasteiger partial charge in [-0.25, -0.2) is 0 Å². The molecule has 0 saturated carbocycles. The molecule has 0 aromatic heterocycles. The number of likely N-dealkylation sites (N-methyl/N-ethyl adjacent to an activating group) is 1. The summed E-state index contributed by atoms with van der Waals surface area (Å²) in [6.07, 6.45) is -5.28. The fourth-order valence-corrected chi connectivity index (χ4v) is 1.80. The molecule has 7 heteroatoms. The monoisotopic (exact) mass is 260 g/mol. The van der Waals surface area contributed by atoms with E-state index in [4.69, 9.17) is 10.5 Å². The molecule has 18 heavy (non-hydrogen) atoms. The van der Waals surface area contributed by atoms with E-state index in [-0.39, 0.29) is 17.1 Å². The number of fused-ring (bicyclic) bond motifs is 1. The van der Waals surface area contributed by atoms with Crippen LogP contribution in [0.1, 0.15) is 12.5 Å². The van der Waals surface area contributed by atoms with E-state index in [0.29, 0.717) is 0 Å². The minimum Gasteiger partial charge on any atom is -0.477 e. The molecule has 1 aromatic rings. The molecule has 4 nitrogen and oxygen atoms in total. The van der Waals surface area contributed by atoms with Gasteiger partial charge >= 0.3 is 6.18 Å². The number of amides is 1. The van der Waals surface area contributed by atoms with Crippen LogP contribution >= 0.6 is 0 Å². The van der Waals surface area contributed by atoms with Gasteiger partial charge in [0.15, 0.2) is 11.9 Å². The Labute approximate surface area is 101 Å². The van der Waals surface area contributed by atoms with Crippen LogP contribution in [0.15, 0.2) is 12.1 Å². The molecule has 1 unspecified atom stereocenters. The highest BCUT2D eigenvalue weighted by atomic mass is 19.4. The van der Waals surface area contributed by atoms with Crippen LogP contribution in [0.5, 0.6) is 5.75 Å². The Hall–Kier alpha value is -1.92. The van der Waals surface area contributed by atoms with Crippen molar-refractivity contribution in [1.82, 2.24) is 0 Å². The predicted molar refractivity (Wildman–Crippen MR) is 59.4 cm³/mol. The van der Waals surface area contributed by atoms with Crippen molar-refractivity contribution in [2.45, 2.75) is 19.2 Å². The third kappa shape index (κ3) is 1.85. The number of carbonyl (C=O) groups is 1. The summed E-state index contributed by atoms with van der Waals surface area (Å²) >= 11 is 0. The van der Waals surface area contributed by atoms with E-state index in [0.717, 1.165) is 17.0 Å². The van der Waals surface area contributed by atoms with Gasteiger partial charge in [0.1, 0.15) is 0 Å². The van der Waals surface area contributed by atoms with Crippen molar-refractivity contribution in [2.75, 3.05) is 17.7 Å². The summed E-state index contributed by atoms with van der Waals surface area (Å²) < 4.78 is 43.1. The Morgan fingerprint density at radius 1 is 1.39 bits per heavy atom. The van der Waals surface area contributed by atoms with Crippen LogP contribution in [0.3, 0.4) is 0 Å². The quantitative estimate of drug-likeness (QED) is 0.726. The maximum Gasteiger partial charge on any atom is 0.416 e. The standard InChI is InChI=1S/C11H11F3N2O2/c1-5-10(17)16(2)8-4-6(11(12,13)14)3-7(15)9(8)18-5/h3-5H,15H2,1-2H3. The number of hydrogen-bond donors (Lipinski definition) is 1. The smallest absolute Gasteiger partial charge is 0.416 e. The van der Waals surface area contributed by atoms with Gasteiger partial charge in [-0.3, -0.25) is 4.79 Å². The van der Waals surface area contributed by atoms with E-state index in [1.807, 2.05) is 0 Å². The molecule has 0 bridgehead atoms. The molecule has 0 spiro atoms. The molecule has 1 aliphatic rings. The fourth-order valence-electron chi connectivity index (χ4n) is 1.80. The highest BCUT2D eigenvalue weighted by Crippen LogP contribution is 2.43. The first kappa shape index (κ1) is 12.5. The second kappa shape index (κ2) is 3.79. The van der Waals surface area contributed by atoms with Gasteiger partial charge in [0.25, 0.3) is 5.91 Å². The van der Waals surface area contributed by atoms with Gasteiger partial charge in [-0.15, -0.1) is 0 Å². The molecule has 1 amide bonds. The summed E-state index contributed by atoms with van der Waals surface area (Å²) in [6.45, 7) is 1.51. The first-order valence-corrected chi connectivity index (χ1v) is 5.16. The lowest BCUT2D eigenvalue weighted by molar-refractivity contribution is -0.137. The van der Waals surface area contributed by atoms with Gasteiger partial charge in [0.2, 0.25) is 0 Å². The van der Waals surface area contributed by atoms with E-state index >= 15 is 0 Å². The van der Waals surface area contributed by atoms with Gasteiger partial charge in [-0.1, -0.05) is 0 Å². The summed E-state index contributed by atoms with van der Waals surface area (Å²) in [7, 11) is 1.39. The molecule has 1 heterocycles. The van der Waals surface area contributed by atoms with Crippen LogP contribution in [-0.4, -0.2) is 19.1 Å². The lowest BCUT2D eigenvalue weighted by Crippen LogP contribution is -2.42. The lowest BCUT2D eigenvalue weighted by atomic mass is 10.1. The third-order valence-electron chi connectivity index (χ3n) is 2.76. The van der Waals surface area contributed by atoms with Crippen molar-refractivity contribution < 1.29 is 22.7 Å². The SMILES string of the molecule is CC1Oc2c(N)cc(C(F)(F)F)cc2N(C)C1=O. The molecule has 0 aliphatic carbocycles. The van der Waals surface area contributed by atoms with Crippen LogP contribution in [0.2, 0.25) is 0 Å². The number of carbonyl (C=O) groups excluding carboxylic acids is 1. The minimum atomic E-state index is -4.52. The van der Waals surface area contributed by atoms with Gasteiger partial charge in [-0.05, 0) is 19.1 Å². The highest BCUT2D eigenvalue weighted by Gasteiger charge is 2.36. The lowest BCUT2D eigenvalue weighted by Gasteiger charge is -2.31. The summed E-state index contributed by atoms with van der Waals surface area (Å²) in [5.41, 5.74) is 4.54. The number of anilines is 2. The number of nitrogens with two attached hydrogens (primary N) is 1. The second-order valence-corrected chi connectivity index (χ2v) is 4.07. The third-order valence-corrected chi connectivity index (χ3v) is 2.76. The van der Waals surface area contributed by atoms with Crippen LogP contribution in [-0.2, 0) is 11.0 Å². The number of halogens is 3. The van der Waals surface area contributed by atoms with Crippen molar-refractivity contribution in [3.8, 4) is 5.75 Å². The zero-order valence-corrected chi connectivity index (χ0v) is 9.71. The van der Waals surface area contributed by atoms with Gasteiger partial charge in [0.05, 0.1) is 16.9 Å². The van der Waals surface area contributed by atoms with Crippen LogP contribution in [0.25, 0.3) is 0 Å². The van der Waals surface area contributed by atoms with Crippen molar-refractivity contribution >= 4 is 17.3 Å². The van der Waals surface area contributed by atoms with Gasteiger partial charge < -0.3 is 15.4 Å². The predicted octanol–water partition coefficient (Wildman–Crippen LogP) is 2.03. The number of nitrogen functional groups attached to an aromatic ring is 1. The molecule has 2 rings (SSSR count). The molecule has 1 aromatic carbocycles. The minimum absolute atomic E-state index is 0.0328. The van der Waals surface area contributed by atoms with E-state index in [2.05, 4.69) is 0 Å². The maximum atomic E-state index is 12.6. The van der Waals surface area contributed by atoms with Gasteiger partial charge in [0, 0.05) is 7.05 Å². The van der Waals surface area contributed by atoms with E-state index in [1.54, 1.807) is 0 Å². The Bertz CT molecular complexity index is 514. The largest absolute Gasteiger partial charge is 0.477 e. The maximum absolute atomic E-state index is 12.6. The van der Waals surface area contributed by atoms with Gasteiger partial charge in [-0.2, -0.15) is 13.2 Å². The molecule has 0 fully saturated rings. The summed E-state index contributed by atoms with van der Waals surface area (Å²) in [5.74, 6) is -0.307. The van der Waals surface area contributed by atoms with Crippen molar-refractivity contribution in [3.63, 3.8) is 0 Å². The van der Waals surface area contributed by atoms with Crippen molar-refractivity contribution in [1.29, 1.82) is 0 Å². The van der Waals surface area contributed by atoms with E-state index in [1.165, 1.54) is 14.0 Å². The molecule has 0 saturated heterocycles. The van der Waals surface area contributed by atoms with Crippen molar-refractivity contribution in [3.05, 3.63) is 17.7 Å². The molecule has 2 N–H and O–H groups in total. The number of rotatable bonds is 0.